The number of aliphatic hydroxyl groups excluding tert-OH is 2. The van der Waals surface area contributed by atoms with Crippen LogP contribution in [-0.2, 0) is 6.42 Å². The van der Waals surface area contributed by atoms with Crippen LogP contribution in [0.4, 0.5) is 20.4 Å². The summed E-state index contributed by atoms with van der Waals surface area (Å²) < 4.78 is 34.3. The Morgan fingerprint density at radius 1 is 0.734 bits per heavy atom. The van der Waals surface area contributed by atoms with Crippen LogP contribution in [0.2, 0.25) is 0 Å². The standard InChI is InChI=1S/C22H19FN4O2.C20H17BrFN3O2.C3H4BNO3/c23-19-11-16(18-10-14(8-9-24)12-26-21(18)25)6-7-17(19)22(29)27-20(13-28)15-4-2-1-3-5-15;21-14-9-16(19(23)24-10-14)13-6-7-15(17(22)8-13)20(27)25-18(11-26)12-4-2-1-3-5-12;6-4(7)3-1-5-8-2-3/h1-7,10-12,20,28H,8,13H2,(H2,25,26)(H,27,29);1-10,18,26H,11H2,(H2,23,24)(H,25,27);1-2,6-7H/t20-;18-;/m11./s1. The molecule has 15 nitrogen and oxygen atoms in total. The average Bonchev–Trinajstić information content (AvgIpc) is 3.86. The lowest BCUT2D eigenvalue weighted by atomic mass is 9.83. The number of nitriles is 1. The molecule has 19 heteroatoms. The van der Waals surface area contributed by atoms with Crippen LogP contribution in [0.3, 0.4) is 0 Å². The fraction of sp³-hybridized carbons (Fsp3) is 0.111. The number of anilines is 2. The molecule has 0 aliphatic heterocycles. The molecule has 326 valence electrons. The Morgan fingerprint density at radius 2 is 1.22 bits per heavy atom. The molecule has 2 atom stereocenters. The number of nitrogens with two attached hydrogens (primary N) is 2. The van der Waals surface area contributed by atoms with Crippen molar-refractivity contribution < 1.29 is 43.2 Å². The highest BCUT2D eigenvalue weighted by Gasteiger charge is 2.21. The summed E-state index contributed by atoms with van der Waals surface area (Å²) in [5.41, 5.74) is 15.9. The molecule has 7 rings (SSSR count). The molecule has 3 heterocycles. The van der Waals surface area contributed by atoms with Gasteiger partial charge in [0.1, 0.15) is 29.5 Å². The van der Waals surface area contributed by atoms with Crippen LogP contribution in [0.25, 0.3) is 22.3 Å². The molecule has 2 amide bonds. The molecule has 4 aromatic carbocycles. The summed E-state index contributed by atoms with van der Waals surface area (Å²) in [6, 6.07) is 30.5. The van der Waals surface area contributed by atoms with Crippen molar-refractivity contribution in [2.45, 2.75) is 18.5 Å². The maximum absolute atomic E-state index is 14.7. The minimum absolute atomic E-state index is 0.116. The molecule has 64 heavy (non-hydrogen) atoms. The summed E-state index contributed by atoms with van der Waals surface area (Å²) in [5, 5.41) is 53.2. The number of pyridine rings is 2. The number of benzene rings is 4. The highest BCUT2D eigenvalue weighted by molar-refractivity contribution is 9.10. The van der Waals surface area contributed by atoms with Gasteiger partial charge in [0.2, 0.25) is 0 Å². The van der Waals surface area contributed by atoms with Gasteiger partial charge in [0.25, 0.3) is 11.8 Å². The van der Waals surface area contributed by atoms with E-state index in [1.54, 1.807) is 79.0 Å². The third-order valence-corrected chi connectivity index (χ3v) is 9.76. The van der Waals surface area contributed by atoms with E-state index >= 15 is 0 Å². The fourth-order valence-electron chi connectivity index (χ4n) is 6.00. The molecule has 0 aliphatic carbocycles. The minimum atomic E-state index is -1.47. The number of halogens is 3. The molecule has 10 N–H and O–H groups in total. The second-order valence-electron chi connectivity index (χ2n) is 13.7. The van der Waals surface area contributed by atoms with Gasteiger partial charge < -0.3 is 46.9 Å². The zero-order chi connectivity index (χ0) is 46.2. The van der Waals surface area contributed by atoms with Gasteiger partial charge in [0.05, 0.1) is 55.1 Å². The van der Waals surface area contributed by atoms with Crippen LogP contribution in [-0.4, -0.2) is 67.5 Å². The fourth-order valence-corrected chi connectivity index (χ4v) is 6.34. The summed E-state index contributed by atoms with van der Waals surface area (Å²) in [5.74, 6) is -2.19. The average molecular weight is 934 g/mol. The predicted molar refractivity (Wildman–Crippen MR) is 239 cm³/mol. The van der Waals surface area contributed by atoms with Crippen LogP contribution in [0.15, 0.2) is 143 Å². The van der Waals surface area contributed by atoms with Gasteiger partial charge in [-0.3, -0.25) is 9.59 Å². The SMILES string of the molecule is N#CCc1cnc(N)c(-c2ccc(C(=O)N[C@H](CO)c3ccccc3)c(F)c2)c1.Nc1ncc(Br)cc1-c1ccc(C(=O)N[C@H](CO)c2ccccc2)c(F)c1.OB(O)c1cnoc1. The smallest absolute Gasteiger partial charge is 0.423 e. The number of rotatable bonds is 12. The molecule has 7 aromatic rings. The molecule has 0 fully saturated rings. The number of aromatic nitrogens is 3. The first-order chi connectivity index (χ1) is 30.8. The molecule has 0 bridgehead atoms. The Labute approximate surface area is 374 Å². The number of nitrogen functional groups attached to an aromatic ring is 2. The van der Waals surface area contributed by atoms with E-state index in [1.165, 1.54) is 42.9 Å². The van der Waals surface area contributed by atoms with E-state index < -0.39 is 42.7 Å². The zero-order valence-electron chi connectivity index (χ0n) is 33.6. The second-order valence-corrected chi connectivity index (χ2v) is 14.6. The Balaban J connectivity index is 0.000000205. The lowest BCUT2D eigenvalue weighted by molar-refractivity contribution is 0.0904. The number of carbonyl (C=O) groups is 2. The van der Waals surface area contributed by atoms with Crippen LogP contribution >= 0.6 is 15.9 Å². The number of aliphatic hydroxyl groups is 2. The van der Waals surface area contributed by atoms with Gasteiger partial charge >= 0.3 is 7.12 Å². The Bertz CT molecular complexity index is 2700. The van der Waals surface area contributed by atoms with Crippen molar-refractivity contribution in [3.63, 3.8) is 0 Å². The quantitative estimate of drug-likeness (QED) is 0.0747. The van der Waals surface area contributed by atoms with Crippen molar-refractivity contribution in [2.24, 2.45) is 0 Å². The van der Waals surface area contributed by atoms with Crippen LogP contribution in [0.5, 0.6) is 0 Å². The van der Waals surface area contributed by atoms with Crippen molar-refractivity contribution >= 4 is 52.0 Å². The number of hydrogen-bond acceptors (Lipinski definition) is 13. The predicted octanol–water partition coefficient (Wildman–Crippen LogP) is 5.05. The highest BCUT2D eigenvalue weighted by Crippen LogP contribution is 2.30. The van der Waals surface area contributed by atoms with Crippen LogP contribution < -0.4 is 27.6 Å². The number of nitrogens with one attached hydrogen (secondary N) is 2. The largest absolute Gasteiger partial charge is 0.493 e. The van der Waals surface area contributed by atoms with E-state index in [4.69, 9.17) is 26.8 Å². The second kappa shape index (κ2) is 23.2. The first-order valence-electron chi connectivity index (χ1n) is 19.1. The summed E-state index contributed by atoms with van der Waals surface area (Å²) in [7, 11) is -1.47. The zero-order valence-corrected chi connectivity index (χ0v) is 35.2. The Kier molecular flexibility index (Phi) is 17.3. The molecule has 0 aliphatic rings. The Hall–Kier alpha value is -7.34. The first kappa shape index (κ1) is 47.7. The van der Waals surface area contributed by atoms with Crippen LogP contribution in [0.1, 0.15) is 49.5 Å². The number of hydrogen-bond donors (Lipinski definition) is 8. The van der Waals surface area contributed by atoms with E-state index in [-0.39, 0.29) is 47.9 Å². The van der Waals surface area contributed by atoms with Gasteiger partial charge in [-0.1, -0.05) is 78.0 Å². The van der Waals surface area contributed by atoms with Gasteiger partial charge in [-0.15, -0.1) is 0 Å². The van der Waals surface area contributed by atoms with E-state index in [9.17, 15) is 28.6 Å². The molecule has 0 unspecified atom stereocenters. The van der Waals surface area contributed by atoms with Crippen molar-refractivity contribution in [3.05, 3.63) is 178 Å². The van der Waals surface area contributed by atoms with E-state index in [2.05, 4.69) is 46.2 Å². The lowest BCUT2D eigenvalue weighted by Gasteiger charge is -2.17. The molecule has 0 saturated carbocycles. The minimum Gasteiger partial charge on any atom is -0.423 e. The maximum Gasteiger partial charge on any atom is 0.493 e. The molecule has 0 spiro atoms. The van der Waals surface area contributed by atoms with Gasteiger partial charge in [0.15, 0.2) is 0 Å². The highest BCUT2D eigenvalue weighted by atomic mass is 79.9. The van der Waals surface area contributed by atoms with E-state index in [1.807, 2.05) is 18.2 Å². The number of carbonyl (C=O) groups excluding carboxylic acids is 2. The van der Waals surface area contributed by atoms with E-state index in [0.717, 1.165) is 5.56 Å². The maximum atomic E-state index is 14.7. The van der Waals surface area contributed by atoms with Gasteiger partial charge in [-0.2, -0.15) is 5.26 Å². The molecular formula is C45H40BBrF2N8O7. The third-order valence-electron chi connectivity index (χ3n) is 9.32. The lowest BCUT2D eigenvalue weighted by Crippen LogP contribution is -2.31. The van der Waals surface area contributed by atoms with Crippen molar-refractivity contribution in [1.29, 1.82) is 5.26 Å². The molecule has 3 aromatic heterocycles. The number of nitrogens with zero attached hydrogens (tertiary/aromatic N) is 4. The van der Waals surface area contributed by atoms with Gasteiger partial charge in [-0.25, -0.2) is 18.7 Å². The molecular weight excluding hydrogens is 893 g/mol. The normalized spacial score (nSPS) is 11.3. The number of amides is 2. The van der Waals surface area contributed by atoms with Crippen molar-refractivity contribution in [1.82, 2.24) is 25.8 Å². The summed E-state index contributed by atoms with van der Waals surface area (Å²) in [6.45, 7) is -0.612. The summed E-state index contributed by atoms with van der Waals surface area (Å²) >= 11 is 3.31. The van der Waals surface area contributed by atoms with Crippen molar-refractivity contribution in [2.75, 3.05) is 24.7 Å². The topological polar surface area (TPSA) is 267 Å². The first-order valence-corrected chi connectivity index (χ1v) is 19.9. The van der Waals surface area contributed by atoms with Crippen molar-refractivity contribution in [3.8, 4) is 28.3 Å². The summed E-state index contributed by atoms with van der Waals surface area (Å²) in [4.78, 5) is 33.1. The van der Waals surface area contributed by atoms with Gasteiger partial charge in [0, 0.05) is 33.5 Å². The molecule has 0 radical (unpaired) electrons. The molecule has 0 saturated heterocycles. The van der Waals surface area contributed by atoms with E-state index in [0.29, 0.717) is 37.9 Å². The van der Waals surface area contributed by atoms with Crippen LogP contribution in [0, 0.1) is 23.0 Å². The van der Waals surface area contributed by atoms with Gasteiger partial charge in [-0.05, 0) is 80.1 Å². The monoisotopic (exact) mass is 932 g/mol. The third kappa shape index (κ3) is 12.9. The Morgan fingerprint density at radius 3 is 1.62 bits per heavy atom. The summed E-state index contributed by atoms with van der Waals surface area (Å²) in [6.07, 6.45) is 5.62.